The van der Waals surface area contributed by atoms with E-state index < -0.39 is 0 Å². The smallest absolute Gasteiger partial charge is 0.409 e. The lowest BCUT2D eigenvalue weighted by Crippen LogP contribution is -2.41. The lowest BCUT2D eigenvalue weighted by molar-refractivity contribution is 0.0491. The average molecular weight is 280 g/mol. The van der Waals surface area contributed by atoms with Crippen LogP contribution in [0.25, 0.3) is 0 Å². The van der Waals surface area contributed by atoms with Crippen LogP contribution in [0.4, 0.5) is 14.9 Å². The highest BCUT2D eigenvalue weighted by Crippen LogP contribution is 2.25. The van der Waals surface area contributed by atoms with Crippen molar-refractivity contribution in [2.75, 3.05) is 19.4 Å². The highest BCUT2D eigenvalue weighted by atomic mass is 19.1. The lowest BCUT2D eigenvalue weighted by Gasteiger charge is -2.33. The molecule has 4 nitrogen and oxygen atoms in total. The number of nitrogens with zero attached hydrogens (tertiary/aromatic N) is 1. The second kappa shape index (κ2) is 6.59. The molecule has 2 atom stereocenters. The Morgan fingerprint density at radius 3 is 2.55 bits per heavy atom. The van der Waals surface area contributed by atoms with E-state index in [4.69, 9.17) is 4.74 Å². The number of halogens is 1. The molecule has 2 rings (SSSR count). The van der Waals surface area contributed by atoms with E-state index in [1.54, 1.807) is 26.2 Å². The fourth-order valence-corrected chi connectivity index (χ4v) is 2.40. The van der Waals surface area contributed by atoms with Crippen LogP contribution < -0.4 is 5.32 Å². The summed E-state index contributed by atoms with van der Waals surface area (Å²) >= 11 is 0. The molecule has 0 radical (unpaired) electrons. The summed E-state index contributed by atoms with van der Waals surface area (Å²) in [7, 11) is 3.35. The van der Waals surface area contributed by atoms with E-state index in [0.29, 0.717) is 0 Å². The number of amides is 1. The summed E-state index contributed by atoms with van der Waals surface area (Å²) in [5.74, 6) is -0.255. The van der Waals surface area contributed by atoms with E-state index in [1.165, 1.54) is 17.0 Å². The Bertz CT molecular complexity index is 448. The number of carbonyl (C=O) groups excluding carboxylic acids is 1. The van der Waals surface area contributed by atoms with Gasteiger partial charge in [0, 0.05) is 19.8 Å². The van der Waals surface area contributed by atoms with Gasteiger partial charge in [0.2, 0.25) is 0 Å². The molecule has 20 heavy (non-hydrogen) atoms. The summed E-state index contributed by atoms with van der Waals surface area (Å²) in [6.07, 6.45) is 3.52. The largest absolute Gasteiger partial charge is 0.444 e. The molecule has 0 bridgehead atoms. The first kappa shape index (κ1) is 14.6. The standard InChI is InChI=1S/C15H21FN2O2/c1-18(2)15(19)20-14-6-4-3-5-13(14)17-12-9-7-11(16)8-10-12/h7-10,13-14,17H,3-6H2,1-2H3/t13-,14-/m0/s1. The van der Waals surface area contributed by atoms with Crippen LogP contribution >= 0.6 is 0 Å². The van der Waals surface area contributed by atoms with E-state index in [2.05, 4.69) is 5.32 Å². The Morgan fingerprint density at radius 2 is 1.90 bits per heavy atom. The van der Waals surface area contributed by atoms with Crippen LogP contribution in [0, 0.1) is 5.82 Å². The highest BCUT2D eigenvalue weighted by molar-refractivity contribution is 5.67. The van der Waals surface area contributed by atoms with Crippen LogP contribution in [-0.2, 0) is 4.74 Å². The van der Waals surface area contributed by atoms with Crippen LogP contribution in [0.2, 0.25) is 0 Å². The maximum absolute atomic E-state index is 12.9. The minimum absolute atomic E-state index is 0.0816. The van der Waals surface area contributed by atoms with Crippen molar-refractivity contribution in [3.63, 3.8) is 0 Å². The second-order valence-corrected chi connectivity index (χ2v) is 5.36. The first-order valence-electron chi connectivity index (χ1n) is 6.96. The maximum Gasteiger partial charge on any atom is 0.409 e. The summed E-state index contributed by atoms with van der Waals surface area (Å²) in [6.45, 7) is 0. The third-order valence-corrected chi connectivity index (χ3v) is 3.52. The lowest BCUT2D eigenvalue weighted by atomic mass is 9.92. The number of anilines is 1. The van der Waals surface area contributed by atoms with Gasteiger partial charge in [-0.05, 0) is 43.5 Å². The number of benzene rings is 1. The number of carbonyl (C=O) groups is 1. The van der Waals surface area contributed by atoms with Gasteiger partial charge in [-0.2, -0.15) is 0 Å². The van der Waals surface area contributed by atoms with Crippen molar-refractivity contribution >= 4 is 11.8 Å². The molecule has 0 saturated heterocycles. The molecule has 1 amide bonds. The van der Waals surface area contributed by atoms with Crippen molar-refractivity contribution in [1.29, 1.82) is 0 Å². The molecule has 1 aromatic rings. The Labute approximate surface area is 118 Å². The summed E-state index contributed by atoms with van der Waals surface area (Å²) < 4.78 is 18.4. The SMILES string of the molecule is CN(C)C(=O)O[C@H]1CCCC[C@@H]1Nc1ccc(F)cc1. The van der Waals surface area contributed by atoms with Crippen molar-refractivity contribution in [1.82, 2.24) is 4.90 Å². The van der Waals surface area contributed by atoms with Crippen molar-refractivity contribution in [2.45, 2.75) is 37.8 Å². The topological polar surface area (TPSA) is 41.6 Å². The predicted octanol–water partition coefficient (Wildman–Crippen LogP) is 3.25. The molecule has 0 spiro atoms. The second-order valence-electron chi connectivity index (χ2n) is 5.36. The number of ether oxygens (including phenoxy) is 1. The fraction of sp³-hybridized carbons (Fsp3) is 0.533. The molecule has 0 heterocycles. The van der Waals surface area contributed by atoms with Crippen LogP contribution in [-0.4, -0.2) is 37.2 Å². The van der Waals surface area contributed by atoms with Gasteiger partial charge < -0.3 is 15.0 Å². The molecular formula is C15H21FN2O2. The molecule has 110 valence electrons. The van der Waals surface area contributed by atoms with Crippen molar-refractivity contribution in [3.8, 4) is 0 Å². The normalized spacial score (nSPS) is 22.1. The molecule has 1 aliphatic carbocycles. The Balaban J connectivity index is 1.99. The molecule has 1 N–H and O–H groups in total. The zero-order chi connectivity index (χ0) is 14.5. The van der Waals surface area contributed by atoms with Crippen molar-refractivity contribution < 1.29 is 13.9 Å². The van der Waals surface area contributed by atoms with Gasteiger partial charge in [-0.1, -0.05) is 6.42 Å². The third kappa shape index (κ3) is 3.85. The summed E-state index contributed by atoms with van der Waals surface area (Å²) in [4.78, 5) is 13.1. The van der Waals surface area contributed by atoms with Crippen LogP contribution in [0.1, 0.15) is 25.7 Å². The van der Waals surface area contributed by atoms with Crippen LogP contribution in [0.5, 0.6) is 0 Å². The van der Waals surface area contributed by atoms with E-state index in [1.807, 2.05) is 0 Å². The van der Waals surface area contributed by atoms with Gasteiger partial charge >= 0.3 is 6.09 Å². The number of nitrogens with one attached hydrogen (secondary N) is 1. The first-order chi connectivity index (χ1) is 9.56. The molecule has 1 saturated carbocycles. The summed E-state index contributed by atoms with van der Waals surface area (Å²) in [5.41, 5.74) is 0.851. The van der Waals surface area contributed by atoms with Gasteiger partial charge in [0.15, 0.2) is 0 Å². The molecular weight excluding hydrogens is 259 g/mol. The fourth-order valence-electron chi connectivity index (χ4n) is 2.40. The number of hydrogen-bond donors (Lipinski definition) is 1. The zero-order valence-corrected chi connectivity index (χ0v) is 11.9. The molecule has 1 fully saturated rings. The van der Waals surface area contributed by atoms with Gasteiger partial charge in [-0.25, -0.2) is 9.18 Å². The Morgan fingerprint density at radius 1 is 1.25 bits per heavy atom. The van der Waals surface area contributed by atoms with Gasteiger partial charge in [0.05, 0.1) is 6.04 Å². The van der Waals surface area contributed by atoms with E-state index in [-0.39, 0.29) is 24.1 Å². The van der Waals surface area contributed by atoms with Gasteiger partial charge in [-0.3, -0.25) is 0 Å². The molecule has 1 aromatic carbocycles. The molecule has 1 aliphatic rings. The van der Waals surface area contributed by atoms with Crippen LogP contribution in [0.15, 0.2) is 24.3 Å². The average Bonchev–Trinajstić information content (AvgIpc) is 2.43. The Hall–Kier alpha value is -1.78. The van der Waals surface area contributed by atoms with Crippen molar-refractivity contribution in [3.05, 3.63) is 30.1 Å². The van der Waals surface area contributed by atoms with E-state index in [9.17, 15) is 9.18 Å². The van der Waals surface area contributed by atoms with Gasteiger partial charge in [0.1, 0.15) is 11.9 Å². The number of hydrogen-bond acceptors (Lipinski definition) is 3. The molecule has 0 unspecified atom stereocenters. The summed E-state index contributed by atoms with van der Waals surface area (Å²) in [6, 6.07) is 6.33. The number of rotatable bonds is 3. The quantitative estimate of drug-likeness (QED) is 0.924. The zero-order valence-electron chi connectivity index (χ0n) is 11.9. The van der Waals surface area contributed by atoms with Gasteiger partial charge in [0.25, 0.3) is 0 Å². The van der Waals surface area contributed by atoms with Crippen molar-refractivity contribution in [2.24, 2.45) is 0 Å². The van der Waals surface area contributed by atoms with E-state index >= 15 is 0 Å². The molecule has 0 aliphatic heterocycles. The summed E-state index contributed by atoms with van der Waals surface area (Å²) in [5, 5.41) is 3.34. The molecule has 5 heteroatoms. The van der Waals surface area contributed by atoms with Crippen LogP contribution in [0.3, 0.4) is 0 Å². The highest BCUT2D eigenvalue weighted by Gasteiger charge is 2.28. The van der Waals surface area contributed by atoms with E-state index in [0.717, 1.165) is 31.4 Å². The predicted molar refractivity (Wildman–Crippen MR) is 76.2 cm³/mol. The minimum atomic E-state index is -0.317. The minimum Gasteiger partial charge on any atom is -0.444 e. The first-order valence-corrected chi connectivity index (χ1v) is 6.96. The maximum atomic E-state index is 12.9. The van der Waals surface area contributed by atoms with Gasteiger partial charge in [-0.15, -0.1) is 0 Å². The monoisotopic (exact) mass is 280 g/mol. The Kier molecular flexibility index (Phi) is 4.82. The molecule has 0 aromatic heterocycles. The third-order valence-electron chi connectivity index (χ3n) is 3.52.